The molecule has 0 radical (unpaired) electrons. The predicted octanol–water partition coefficient (Wildman–Crippen LogP) is 5.46. The van der Waals surface area contributed by atoms with Crippen molar-refractivity contribution < 1.29 is 14.3 Å². The summed E-state index contributed by atoms with van der Waals surface area (Å²) in [5.41, 5.74) is 4.52. The molecule has 150 valence electrons. The zero-order valence-corrected chi connectivity index (χ0v) is 17.6. The van der Waals surface area contributed by atoms with Gasteiger partial charge in [0.2, 0.25) is 0 Å². The maximum absolute atomic E-state index is 13.4. The van der Waals surface area contributed by atoms with Crippen molar-refractivity contribution in [2.24, 2.45) is 0 Å². The summed E-state index contributed by atoms with van der Waals surface area (Å²) in [6.45, 7) is 2.56. The molecule has 0 fully saturated rings. The minimum Gasteiger partial charge on any atom is -0.465 e. The van der Waals surface area contributed by atoms with E-state index in [1.54, 1.807) is 12.1 Å². The number of carbonyl (C=O) groups is 2. The van der Waals surface area contributed by atoms with Crippen LogP contribution in [0.25, 0.3) is 6.08 Å². The second kappa shape index (κ2) is 8.59. The molecule has 0 spiro atoms. The van der Waals surface area contributed by atoms with E-state index in [4.69, 9.17) is 4.74 Å². The fraction of sp³-hybridized carbons (Fsp3) is 0.120. The van der Waals surface area contributed by atoms with Crippen LogP contribution in [0.1, 0.15) is 27.0 Å². The number of aryl methyl sites for hydroxylation is 1. The van der Waals surface area contributed by atoms with E-state index in [2.05, 4.69) is 19.1 Å². The standard InChI is InChI=1S/C25H21NO3S/c1-17-6-5-7-19(14-17)16-26-21-8-3-4-9-22(21)30-23(24(26)27)15-18-10-12-20(13-11-18)25(28)29-2/h3-15H,16H2,1-2H3/b23-15+. The van der Waals surface area contributed by atoms with Crippen LogP contribution in [-0.2, 0) is 16.1 Å². The number of nitrogens with zero attached hydrogens (tertiary/aromatic N) is 1. The van der Waals surface area contributed by atoms with Crippen molar-refractivity contribution in [3.63, 3.8) is 0 Å². The molecule has 1 heterocycles. The number of para-hydroxylation sites is 1. The maximum Gasteiger partial charge on any atom is 0.337 e. The molecule has 3 aromatic rings. The Balaban J connectivity index is 1.68. The molecule has 4 nitrogen and oxygen atoms in total. The van der Waals surface area contributed by atoms with Gasteiger partial charge in [-0.1, -0.05) is 65.9 Å². The molecule has 0 saturated carbocycles. The molecule has 1 amide bonds. The number of ether oxygens (including phenoxy) is 1. The smallest absolute Gasteiger partial charge is 0.337 e. The molecule has 0 bridgehead atoms. The number of amides is 1. The van der Waals surface area contributed by atoms with Gasteiger partial charge in [-0.25, -0.2) is 4.79 Å². The molecule has 0 N–H and O–H groups in total. The lowest BCUT2D eigenvalue weighted by atomic mass is 10.1. The van der Waals surface area contributed by atoms with Crippen LogP contribution < -0.4 is 4.90 Å². The monoisotopic (exact) mass is 415 g/mol. The molecule has 0 aromatic heterocycles. The summed E-state index contributed by atoms with van der Waals surface area (Å²) in [7, 11) is 1.36. The van der Waals surface area contributed by atoms with Crippen LogP contribution >= 0.6 is 11.8 Å². The minimum atomic E-state index is -0.379. The summed E-state index contributed by atoms with van der Waals surface area (Å²) in [4.78, 5) is 28.5. The average molecular weight is 416 g/mol. The molecule has 5 heteroatoms. The number of esters is 1. The van der Waals surface area contributed by atoms with Gasteiger partial charge in [0.1, 0.15) is 0 Å². The molecule has 1 aliphatic heterocycles. The van der Waals surface area contributed by atoms with Crippen LogP contribution in [0.4, 0.5) is 5.69 Å². The van der Waals surface area contributed by atoms with Crippen LogP contribution in [0.5, 0.6) is 0 Å². The second-order valence-corrected chi connectivity index (χ2v) is 8.16. The van der Waals surface area contributed by atoms with Crippen LogP contribution in [-0.4, -0.2) is 19.0 Å². The van der Waals surface area contributed by atoms with Gasteiger partial charge in [-0.3, -0.25) is 4.79 Å². The normalized spacial score (nSPS) is 14.5. The highest BCUT2D eigenvalue weighted by Gasteiger charge is 2.29. The van der Waals surface area contributed by atoms with Crippen molar-refractivity contribution in [1.29, 1.82) is 0 Å². The summed E-state index contributed by atoms with van der Waals surface area (Å²) in [6.07, 6.45) is 1.87. The van der Waals surface area contributed by atoms with Gasteiger partial charge in [-0.05, 0) is 48.4 Å². The first-order valence-electron chi connectivity index (χ1n) is 9.59. The quantitative estimate of drug-likeness (QED) is 0.419. The van der Waals surface area contributed by atoms with Crippen molar-refractivity contribution in [2.45, 2.75) is 18.4 Å². The van der Waals surface area contributed by atoms with Gasteiger partial charge >= 0.3 is 5.97 Å². The zero-order valence-electron chi connectivity index (χ0n) is 16.8. The third-order valence-electron chi connectivity index (χ3n) is 4.88. The van der Waals surface area contributed by atoms with E-state index in [1.807, 2.05) is 59.5 Å². The van der Waals surface area contributed by atoms with Crippen LogP contribution in [0.15, 0.2) is 82.6 Å². The van der Waals surface area contributed by atoms with Gasteiger partial charge in [-0.15, -0.1) is 0 Å². The molecule has 0 saturated heterocycles. The fourth-order valence-electron chi connectivity index (χ4n) is 3.40. The molecular weight excluding hydrogens is 394 g/mol. The highest BCUT2D eigenvalue weighted by atomic mass is 32.2. The summed E-state index contributed by atoms with van der Waals surface area (Å²) in [6, 6.07) is 23.2. The number of carbonyl (C=O) groups excluding carboxylic acids is 2. The number of fused-ring (bicyclic) bond motifs is 1. The first-order valence-corrected chi connectivity index (χ1v) is 10.4. The fourth-order valence-corrected chi connectivity index (χ4v) is 4.46. The Morgan fingerprint density at radius 2 is 1.80 bits per heavy atom. The SMILES string of the molecule is COC(=O)c1ccc(/C=C2/Sc3ccccc3N(Cc3cccc(C)c3)C2=O)cc1. The first-order chi connectivity index (χ1) is 14.5. The predicted molar refractivity (Wildman–Crippen MR) is 120 cm³/mol. The van der Waals surface area contributed by atoms with Gasteiger partial charge in [0.25, 0.3) is 5.91 Å². The third kappa shape index (κ3) is 4.16. The lowest BCUT2D eigenvalue weighted by molar-refractivity contribution is -0.114. The summed E-state index contributed by atoms with van der Waals surface area (Å²) in [5.74, 6) is -0.409. The molecule has 30 heavy (non-hydrogen) atoms. The number of rotatable bonds is 4. The van der Waals surface area contributed by atoms with Crippen molar-refractivity contribution in [1.82, 2.24) is 0 Å². The summed E-state index contributed by atoms with van der Waals surface area (Å²) < 4.78 is 4.74. The van der Waals surface area contributed by atoms with Gasteiger partial charge in [0.15, 0.2) is 0 Å². The average Bonchev–Trinajstić information content (AvgIpc) is 2.76. The highest BCUT2D eigenvalue weighted by molar-refractivity contribution is 8.04. The third-order valence-corrected chi connectivity index (χ3v) is 5.96. The second-order valence-electron chi connectivity index (χ2n) is 7.07. The summed E-state index contributed by atoms with van der Waals surface area (Å²) >= 11 is 1.47. The van der Waals surface area contributed by atoms with E-state index in [1.165, 1.54) is 24.4 Å². The van der Waals surface area contributed by atoms with Gasteiger partial charge in [0.05, 0.1) is 29.8 Å². The number of methoxy groups -OCH3 is 1. The Morgan fingerprint density at radius 1 is 1.03 bits per heavy atom. The largest absolute Gasteiger partial charge is 0.465 e. The highest BCUT2D eigenvalue weighted by Crippen LogP contribution is 2.42. The van der Waals surface area contributed by atoms with E-state index in [0.29, 0.717) is 17.0 Å². The molecule has 0 aliphatic carbocycles. The maximum atomic E-state index is 13.4. The Bertz CT molecular complexity index is 1140. The van der Waals surface area contributed by atoms with E-state index in [-0.39, 0.29) is 11.9 Å². The van der Waals surface area contributed by atoms with Crippen LogP contribution in [0.3, 0.4) is 0 Å². The number of benzene rings is 3. The lowest BCUT2D eigenvalue weighted by Gasteiger charge is -2.30. The number of thioether (sulfide) groups is 1. The van der Waals surface area contributed by atoms with Gasteiger partial charge in [0, 0.05) is 4.90 Å². The molecule has 3 aromatic carbocycles. The van der Waals surface area contributed by atoms with Crippen molar-refractivity contribution in [3.8, 4) is 0 Å². The molecule has 0 unspecified atom stereocenters. The topological polar surface area (TPSA) is 46.6 Å². The molecular formula is C25H21NO3S. The van der Waals surface area contributed by atoms with E-state index in [0.717, 1.165) is 21.7 Å². The molecule has 1 aliphatic rings. The lowest BCUT2D eigenvalue weighted by Crippen LogP contribution is -2.33. The minimum absolute atomic E-state index is 0.0303. The van der Waals surface area contributed by atoms with Gasteiger partial charge < -0.3 is 9.64 Å². The number of anilines is 1. The Hall–Kier alpha value is -3.31. The van der Waals surface area contributed by atoms with Crippen LogP contribution in [0, 0.1) is 6.92 Å². The van der Waals surface area contributed by atoms with E-state index < -0.39 is 0 Å². The van der Waals surface area contributed by atoms with Crippen LogP contribution in [0.2, 0.25) is 0 Å². The van der Waals surface area contributed by atoms with Gasteiger partial charge in [-0.2, -0.15) is 0 Å². The van der Waals surface area contributed by atoms with Crippen molar-refractivity contribution in [2.75, 3.05) is 12.0 Å². The Morgan fingerprint density at radius 3 is 2.53 bits per heavy atom. The number of hydrogen-bond donors (Lipinski definition) is 0. The summed E-state index contributed by atoms with van der Waals surface area (Å²) in [5, 5.41) is 0. The molecule has 0 atom stereocenters. The molecule has 4 rings (SSSR count). The zero-order chi connectivity index (χ0) is 21.1. The van der Waals surface area contributed by atoms with E-state index in [9.17, 15) is 9.59 Å². The Kier molecular flexibility index (Phi) is 5.72. The van der Waals surface area contributed by atoms with Crippen molar-refractivity contribution in [3.05, 3.63) is 100.0 Å². The van der Waals surface area contributed by atoms with E-state index >= 15 is 0 Å². The number of hydrogen-bond acceptors (Lipinski definition) is 4. The van der Waals surface area contributed by atoms with Crippen molar-refractivity contribution >= 4 is 35.4 Å². The Labute approximate surface area is 180 Å². The first kappa shape index (κ1) is 20.0.